The molecule has 0 aromatic rings. The van der Waals surface area contributed by atoms with Crippen molar-refractivity contribution in [1.29, 1.82) is 0 Å². The number of halogens is 1. The first-order valence-electron chi connectivity index (χ1n) is 3.90. The van der Waals surface area contributed by atoms with Gasteiger partial charge in [-0.25, -0.2) is 0 Å². The number of fused-ring (bicyclic) bond motifs is 1. The van der Waals surface area contributed by atoms with Crippen molar-refractivity contribution >= 4 is 12.4 Å². The summed E-state index contributed by atoms with van der Waals surface area (Å²) in [6.45, 7) is 4.12. The molecule has 0 aromatic heterocycles. The van der Waals surface area contributed by atoms with Crippen LogP contribution in [0.25, 0.3) is 0 Å². The highest BCUT2D eigenvalue weighted by Crippen LogP contribution is 2.14. The van der Waals surface area contributed by atoms with Crippen LogP contribution in [0.1, 0.15) is 0 Å². The van der Waals surface area contributed by atoms with Crippen LogP contribution >= 0.6 is 12.4 Å². The minimum Gasteiger partial charge on any atom is -0.374 e. The van der Waals surface area contributed by atoms with Gasteiger partial charge in [-0.15, -0.1) is 12.4 Å². The maximum atomic E-state index is 5.57. The molecule has 0 aliphatic carbocycles. The summed E-state index contributed by atoms with van der Waals surface area (Å²) in [4.78, 5) is 2.38. The number of rotatable bonds is 0. The van der Waals surface area contributed by atoms with E-state index in [-0.39, 0.29) is 12.4 Å². The normalized spacial score (nSPS) is 37.9. The molecule has 0 radical (unpaired) electrons. The maximum Gasteiger partial charge on any atom is 0.0867 e. The van der Waals surface area contributed by atoms with E-state index in [0.717, 1.165) is 26.2 Å². The van der Waals surface area contributed by atoms with Gasteiger partial charge >= 0.3 is 0 Å². The molecule has 2 fully saturated rings. The predicted octanol–water partition coefficient (Wildman–Crippen LogP) is -0.289. The Hall–Kier alpha value is 0.170. The highest BCUT2D eigenvalue weighted by molar-refractivity contribution is 5.85. The second kappa shape index (κ2) is 3.72. The lowest BCUT2D eigenvalue weighted by Gasteiger charge is -2.33. The van der Waals surface area contributed by atoms with Crippen molar-refractivity contribution in [2.75, 3.05) is 33.3 Å². The van der Waals surface area contributed by atoms with E-state index in [1.54, 1.807) is 0 Å². The van der Waals surface area contributed by atoms with Gasteiger partial charge < -0.3 is 10.1 Å². The van der Waals surface area contributed by atoms with Gasteiger partial charge in [0.25, 0.3) is 0 Å². The third-order valence-electron chi connectivity index (χ3n) is 2.47. The van der Waals surface area contributed by atoms with E-state index >= 15 is 0 Å². The van der Waals surface area contributed by atoms with Gasteiger partial charge in [-0.2, -0.15) is 0 Å². The Bertz CT molecular complexity index is 134. The summed E-state index contributed by atoms with van der Waals surface area (Å²) in [5.41, 5.74) is 0. The molecule has 4 heteroatoms. The van der Waals surface area contributed by atoms with Gasteiger partial charge in [0.2, 0.25) is 0 Å². The maximum absolute atomic E-state index is 5.57. The lowest BCUT2D eigenvalue weighted by Crippen LogP contribution is -2.48. The fourth-order valence-electron chi connectivity index (χ4n) is 1.76. The van der Waals surface area contributed by atoms with Crippen molar-refractivity contribution in [2.45, 2.75) is 12.1 Å². The van der Waals surface area contributed by atoms with Crippen LogP contribution in [0.2, 0.25) is 0 Å². The Morgan fingerprint density at radius 2 is 2.27 bits per heavy atom. The smallest absolute Gasteiger partial charge is 0.0867 e. The summed E-state index contributed by atoms with van der Waals surface area (Å²) in [6.07, 6.45) is 0.457. The van der Waals surface area contributed by atoms with Gasteiger partial charge in [0.05, 0.1) is 12.7 Å². The molecule has 2 aliphatic heterocycles. The standard InChI is InChI=1S/C7H14N2O.ClH/c1-9-2-3-10-7-5-8-4-6(7)9;/h6-8H,2-5H2,1H3;1H. The summed E-state index contributed by atoms with van der Waals surface area (Å²) in [7, 11) is 2.17. The third kappa shape index (κ3) is 1.67. The van der Waals surface area contributed by atoms with E-state index in [4.69, 9.17) is 4.74 Å². The van der Waals surface area contributed by atoms with E-state index in [1.165, 1.54) is 0 Å². The first-order chi connectivity index (χ1) is 4.88. The highest BCUT2D eigenvalue weighted by Gasteiger charge is 2.33. The molecule has 0 aromatic carbocycles. The fraction of sp³-hybridized carbons (Fsp3) is 1.00. The molecule has 0 saturated carbocycles. The Morgan fingerprint density at radius 3 is 3.00 bits per heavy atom. The number of hydrogen-bond acceptors (Lipinski definition) is 3. The molecule has 2 heterocycles. The zero-order valence-corrected chi connectivity index (χ0v) is 7.56. The van der Waals surface area contributed by atoms with Crippen LogP contribution in [0, 0.1) is 0 Å². The second-order valence-electron chi connectivity index (χ2n) is 3.12. The summed E-state index contributed by atoms with van der Waals surface area (Å²) in [5, 5.41) is 3.33. The lowest BCUT2D eigenvalue weighted by atomic mass is 10.1. The van der Waals surface area contributed by atoms with Crippen molar-refractivity contribution < 1.29 is 4.74 Å². The van der Waals surface area contributed by atoms with Gasteiger partial charge in [0.15, 0.2) is 0 Å². The molecule has 11 heavy (non-hydrogen) atoms. The molecular weight excluding hydrogens is 164 g/mol. The second-order valence-corrected chi connectivity index (χ2v) is 3.12. The van der Waals surface area contributed by atoms with Gasteiger partial charge in [-0.3, -0.25) is 4.90 Å². The lowest BCUT2D eigenvalue weighted by molar-refractivity contribution is -0.0363. The van der Waals surface area contributed by atoms with Gasteiger partial charge in [0, 0.05) is 25.7 Å². The molecule has 66 valence electrons. The van der Waals surface area contributed by atoms with E-state index in [1.807, 2.05) is 0 Å². The first-order valence-corrected chi connectivity index (χ1v) is 3.90. The molecular formula is C7H15ClN2O. The number of nitrogens with one attached hydrogen (secondary N) is 1. The Kier molecular flexibility index (Phi) is 3.13. The number of likely N-dealkylation sites (N-methyl/N-ethyl adjacent to an activating group) is 1. The van der Waals surface area contributed by atoms with Crippen LogP contribution in [-0.2, 0) is 4.74 Å². The summed E-state index contributed by atoms with van der Waals surface area (Å²) in [5.74, 6) is 0. The molecule has 0 bridgehead atoms. The molecule has 2 aliphatic rings. The Balaban J connectivity index is 0.000000605. The van der Waals surface area contributed by atoms with Crippen LogP contribution in [0.15, 0.2) is 0 Å². The zero-order valence-electron chi connectivity index (χ0n) is 6.75. The van der Waals surface area contributed by atoms with Crippen molar-refractivity contribution in [2.24, 2.45) is 0 Å². The van der Waals surface area contributed by atoms with Crippen molar-refractivity contribution in [3.63, 3.8) is 0 Å². The van der Waals surface area contributed by atoms with Crippen molar-refractivity contribution in [1.82, 2.24) is 10.2 Å². The topological polar surface area (TPSA) is 24.5 Å². The first kappa shape index (κ1) is 9.26. The van der Waals surface area contributed by atoms with Gasteiger partial charge in [0.1, 0.15) is 0 Å². The van der Waals surface area contributed by atoms with Gasteiger partial charge in [-0.1, -0.05) is 0 Å². The molecule has 0 amide bonds. The van der Waals surface area contributed by atoms with Crippen LogP contribution in [-0.4, -0.2) is 50.3 Å². The summed E-state index contributed by atoms with van der Waals surface area (Å²) in [6, 6.07) is 0.633. The number of morpholine rings is 1. The molecule has 2 saturated heterocycles. The molecule has 3 nitrogen and oxygen atoms in total. The SMILES string of the molecule is CN1CCOC2CNCC21.Cl. The van der Waals surface area contributed by atoms with Crippen molar-refractivity contribution in [3.8, 4) is 0 Å². The number of ether oxygens (including phenoxy) is 1. The van der Waals surface area contributed by atoms with E-state index in [0.29, 0.717) is 12.1 Å². The minimum atomic E-state index is 0. The summed E-state index contributed by atoms with van der Waals surface area (Å²) < 4.78 is 5.57. The third-order valence-corrected chi connectivity index (χ3v) is 2.47. The number of hydrogen-bond donors (Lipinski definition) is 1. The van der Waals surface area contributed by atoms with Crippen molar-refractivity contribution in [3.05, 3.63) is 0 Å². The highest BCUT2D eigenvalue weighted by atomic mass is 35.5. The molecule has 0 spiro atoms. The van der Waals surface area contributed by atoms with E-state index in [9.17, 15) is 0 Å². The molecule has 2 unspecified atom stereocenters. The number of nitrogens with zero attached hydrogens (tertiary/aromatic N) is 1. The molecule has 1 N–H and O–H groups in total. The average molecular weight is 179 g/mol. The molecule has 2 atom stereocenters. The van der Waals surface area contributed by atoms with E-state index < -0.39 is 0 Å². The van der Waals surface area contributed by atoms with Crippen LogP contribution < -0.4 is 5.32 Å². The Labute approximate surface area is 73.5 Å². The largest absolute Gasteiger partial charge is 0.374 e. The van der Waals surface area contributed by atoms with E-state index in [2.05, 4.69) is 17.3 Å². The van der Waals surface area contributed by atoms with Crippen LogP contribution in [0.4, 0.5) is 0 Å². The quantitative estimate of drug-likeness (QED) is 0.552. The monoisotopic (exact) mass is 178 g/mol. The average Bonchev–Trinajstić information content (AvgIpc) is 2.36. The molecule has 2 rings (SSSR count). The van der Waals surface area contributed by atoms with Crippen LogP contribution in [0.5, 0.6) is 0 Å². The van der Waals surface area contributed by atoms with Crippen LogP contribution in [0.3, 0.4) is 0 Å². The summed E-state index contributed by atoms with van der Waals surface area (Å²) >= 11 is 0. The Morgan fingerprint density at radius 1 is 1.45 bits per heavy atom. The predicted molar refractivity (Wildman–Crippen MR) is 46.3 cm³/mol. The van der Waals surface area contributed by atoms with Gasteiger partial charge in [-0.05, 0) is 7.05 Å². The fourth-order valence-corrected chi connectivity index (χ4v) is 1.76. The zero-order chi connectivity index (χ0) is 6.97. The minimum absolute atomic E-state index is 0.